The van der Waals surface area contributed by atoms with Crippen molar-refractivity contribution < 1.29 is 22.8 Å². The number of nitrogens with zero attached hydrogens (tertiary/aromatic N) is 2. The standard InChI is InChI=1S/C17H14F3N3O2/c18-17(19,20)15-8-11(6-7-21-15)10-22-16(24)13-9-14(25-23-13)12-4-2-1-3-5-12/h1-8,14H,9-10H2,(H,22,24). The summed E-state index contributed by atoms with van der Waals surface area (Å²) >= 11 is 0. The van der Waals surface area contributed by atoms with Crippen molar-refractivity contribution in [1.82, 2.24) is 10.3 Å². The van der Waals surface area contributed by atoms with E-state index in [9.17, 15) is 18.0 Å². The molecular weight excluding hydrogens is 335 g/mol. The second-order valence-electron chi connectivity index (χ2n) is 5.48. The SMILES string of the molecule is O=C(NCc1ccnc(C(F)(F)F)c1)C1=NOC(c2ccccc2)C1. The number of hydrogen-bond donors (Lipinski definition) is 1. The number of amides is 1. The van der Waals surface area contributed by atoms with E-state index in [1.165, 1.54) is 6.07 Å². The molecular formula is C17H14F3N3O2. The van der Waals surface area contributed by atoms with Gasteiger partial charge in [0.1, 0.15) is 11.4 Å². The molecule has 1 amide bonds. The van der Waals surface area contributed by atoms with Gasteiger partial charge >= 0.3 is 6.18 Å². The summed E-state index contributed by atoms with van der Waals surface area (Å²) < 4.78 is 37.9. The van der Waals surface area contributed by atoms with Crippen molar-refractivity contribution in [1.29, 1.82) is 0 Å². The van der Waals surface area contributed by atoms with Crippen LogP contribution in [0.1, 0.15) is 29.3 Å². The number of benzene rings is 1. The second kappa shape index (κ2) is 6.92. The number of alkyl halides is 3. The number of carbonyl (C=O) groups excluding carboxylic acids is 1. The van der Waals surface area contributed by atoms with Gasteiger partial charge in [-0.15, -0.1) is 0 Å². The first-order valence-electron chi connectivity index (χ1n) is 7.51. The van der Waals surface area contributed by atoms with Gasteiger partial charge in [-0.2, -0.15) is 13.2 Å². The van der Waals surface area contributed by atoms with Crippen LogP contribution in [-0.2, 0) is 22.4 Å². The van der Waals surface area contributed by atoms with Crippen molar-refractivity contribution in [2.75, 3.05) is 0 Å². The quantitative estimate of drug-likeness (QED) is 0.922. The zero-order valence-electron chi connectivity index (χ0n) is 13.0. The van der Waals surface area contributed by atoms with Gasteiger partial charge in [0.15, 0.2) is 6.10 Å². The molecule has 0 spiro atoms. The smallest absolute Gasteiger partial charge is 0.387 e. The fourth-order valence-electron chi connectivity index (χ4n) is 2.38. The lowest BCUT2D eigenvalue weighted by molar-refractivity contribution is -0.141. The molecule has 0 aliphatic carbocycles. The van der Waals surface area contributed by atoms with E-state index in [2.05, 4.69) is 15.5 Å². The summed E-state index contributed by atoms with van der Waals surface area (Å²) in [4.78, 5) is 20.7. The molecule has 0 radical (unpaired) electrons. The van der Waals surface area contributed by atoms with Crippen LogP contribution in [0.15, 0.2) is 53.8 Å². The molecule has 3 rings (SSSR count). The fourth-order valence-corrected chi connectivity index (χ4v) is 2.38. The van der Waals surface area contributed by atoms with E-state index in [0.717, 1.165) is 17.8 Å². The first-order chi connectivity index (χ1) is 11.9. The topological polar surface area (TPSA) is 63.6 Å². The lowest BCUT2D eigenvalue weighted by atomic mass is 10.0. The minimum atomic E-state index is -4.52. The molecule has 0 saturated carbocycles. The van der Waals surface area contributed by atoms with E-state index >= 15 is 0 Å². The lowest BCUT2D eigenvalue weighted by Crippen LogP contribution is -2.30. The highest BCUT2D eigenvalue weighted by Crippen LogP contribution is 2.28. The van der Waals surface area contributed by atoms with Crippen LogP contribution in [0.2, 0.25) is 0 Å². The van der Waals surface area contributed by atoms with E-state index in [1.54, 1.807) is 0 Å². The Labute approximate surface area is 141 Å². The summed E-state index contributed by atoms with van der Waals surface area (Å²) in [6, 6.07) is 11.6. The molecule has 5 nitrogen and oxygen atoms in total. The number of pyridine rings is 1. The first-order valence-corrected chi connectivity index (χ1v) is 7.51. The zero-order valence-corrected chi connectivity index (χ0v) is 13.0. The van der Waals surface area contributed by atoms with Crippen LogP contribution in [-0.4, -0.2) is 16.6 Å². The maximum Gasteiger partial charge on any atom is 0.433 e. The molecule has 0 fully saturated rings. The third-order valence-electron chi connectivity index (χ3n) is 3.67. The highest BCUT2D eigenvalue weighted by Gasteiger charge is 2.32. The van der Waals surface area contributed by atoms with Crippen LogP contribution in [0, 0.1) is 0 Å². The van der Waals surface area contributed by atoms with Crippen LogP contribution in [0.5, 0.6) is 0 Å². The predicted octanol–water partition coefficient (Wildman–Crippen LogP) is 3.23. The minimum Gasteiger partial charge on any atom is -0.387 e. The van der Waals surface area contributed by atoms with E-state index < -0.39 is 17.8 Å². The lowest BCUT2D eigenvalue weighted by Gasteiger charge is -2.09. The van der Waals surface area contributed by atoms with Gasteiger partial charge in [-0.25, -0.2) is 0 Å². The third-order valence-corrected chi connectivity index (χ3v) is 3.67. The molecule has 0 bridgehead atoms. The Morgan fingerprint density at radius 3 is 2.72 bits per heavy atom. The molecule has 1 unspecified atom stereocenters. The Morgan fingerprint density at radius 2 is 2.00 bits per heavy atom. The maximum atomic E-state index is 12.6. The van der Waals surface area contributed by atoms with Crippen molar-refractivity contribution in [2.24, 2.45) is 5.16 Å². The van der Waals surface area contributed by atoms with Crippen LogP contribution < -0.4 is 5.32 Å². The monoisotopic (exact) mass is 349 g/mol. The third kappa shape index (κ3) is 4.14. The zero-order chi connectivity index (χ0) is 17.9. The molecule has 1 aliphatic rings. The largest absolute Gasteiger partial charge is 0.433 e. The first kappa shape index (κ1) is 16.9. The van der Waals surface area contributed by atoms with Gasteiger partial charge in [-0.05, 0) is 23.3 Å². The van der Waals surface area contributed by atoms with E-state index in [0.29, 0.717) is 12.0 Å². The number of rotatable bonds is 4. The Bertz CT molecular complexity index is 791. The Hall–Kier alpha value is -2.90. The Kier molecular flexibility index (Phi) is 4.69. The van der Waals surface area contributed by atoms with E-state index in [1.807, 2.05) is 30.3 Å². The normalized spacial score (nSPS) is 16.9. The molecule has 0 saturated heterocycles. The average Bonchev–Trinajstić information content (AvgIpc) is 3.10. The molecule has 1 atom stereocenters. The van der Waals surface area contributed by atoms with E-state index in [4.69, 9.17) is 4.84 Å². The van der Waals surface area contributed by atoms with Crippen LogP contribution in [0.3, 0.4) is 0 Å². The highest BCUT2D eigenvalue weighted by atomic mass is 19.4. The number of nitrogens with one attached hydrogen (secondary N) is 1. The highest BCUT2D eigenvalue weighted by molar-refractivity contribution is 6.39. The molecule has 2 heterocycles. The molecule has 25 heavy (non-hydrogen) atoms. The second-order valence-corrected chi connectivity index (χ2v) is 5.48. The summed E-state index contributed by atoms with van der Waals surface area (Å²) in [5.74, 6) is -0.469. The van der Waals surface area contributed by atoms with Crippen molar-refractivity contribution in [3.8, 4) is 0 Å². The van der Waals surface area contributed by atoms with Crippen molar-refractivity contribution in [2.45, 2.75) is 25.2 Å². The summed E-state index contributed by atoms with van der Waals surface area (Å²) in [6.45, 7) is -0.0561. The van der Waals surface area contributed by atoms with E-state index in [-0.39, 0.29) is 18.4 Å². The summed E-state index contributed by atoms with van der Waals surface area (Å²) in [5.41, 5.74) is 0.414. The van der Waals surface area contributed by atoms with Crippen LogP contribution in [0.4, 0.5) is 13.2 Å². The molecule has 2 aromatic rings. The number of halogens is 3. The summed E-state index contributed by atoms with van der Waals surface area (Å²) in [6.07, 6.45) is -3.49. The van der Waals surface area contributed by atoms with Gasteiger partial charge in [-0.1, -0.05) is 35.5 Å². The number of carbonyl (C=O) groups is 1. The van der Waals surface area contributed by atoms with Crippen molar-refractivity contribution >= 4 is 11.6 Å². The van der Waals surface area contributed by atoms with Crippen molar-refractivity contribution in [3.63, 3.8) is 0 Å². The number of oxime groups is 1. The minimum absolute atomic E-state index is 0.0561. The fraction of sp³-hybridized carbons (Fsp3) is 0.235. The van der Waals surface area contributed by atoms with Gasteiger partial charge < -0.3 is 10.2 Å². The number of hydrogen-bond acceptors (Lipinski definition) is 4. The van der Waals surface area contributed by atoms with Crippen LogP contribution >= 0.6 is 0 Å². The molecule has 130 valence electrons. The van der Waals surface area contributed by atoms with Gasteiger partial charge in [0.25, 0.3) is 5.91 Å². The van der Waals surface area contributed by atoms with Gasteiger partial charge in [0.2, 0.25) is 0 Å². The average molecular weight is 349 g/mol. The number of aromatic nitrogens is 1. The van der Waals surface area contributed by atoms with Crippen LogP contribution in [0.25, 0.3) is 0 Å². The molecule has 1 aromatic carbocycles. The van der Waals surface area contributed by atoms with Gasteiger partial charge in [0.05, 0.1) is 0 Å². The molecule has 1 N–H and O–H groups in total. The van der Waals surface area contributed by atoms with Gasteiger partial charge in [0, 0.05) is 19.2 Å². The molecule has 1 aromatic heterocycles. The molecule has 8 heteroatoms. The van der Waals surface area contributed by atoms with Crippen molar-refractivity contribution in [3.05, 3.63) is 65.5 Å². The summed E-state index contributed by atoms with van der Waals surface area (Å²) in [5, 5.41) is 6.32. The van der Waals surface area contributed by atoms with Gasteiger partial charge in [-0.3, -0.25) is 9.78 Å². The predicted molar refractivity (Wildman–Crippen MR) is 83.4 cm³/mol. The Balaban J connectivity index is 1.57. The molecule has 1 aliphatic heterocycles. The Morgan fingerprint density at radius 1 is 1.24 bits per heavy atom. The maximum absolute atomic E-state index is 12.6. The summed E-state index contributed by atoms with van der Waals surface area (Å²) in [7, 11) is 0.